The lowest BCUT2D eigenvalue weighted by Gasteiger charge is -2.55. The van der Waals surface area contributed by atoms with E-state index in [0.717, 1.165) is 52.9 Å². The Morgan fingerprint density at radius 2 is 1.82 bits per heavy atom. The molecule has 4 saturated carbocycles. The molecule has 1 amide bonds. The van der Waals surface area contributed by atoms with Crippen molar-refractivity contribution in [1.82, 2.24) is 4.98 Å². The highest BCUT2D eigenvalue weighted by atomic mass is 32.1. The number of carbonyl (C=O) groups excluding carboxylic acids is 1. The zero-order valence-electron chi connectivity index (χ0n) is 12.5. The quantitative estimate of drug-likeness (QED) is 0.890. The van der Waals surface area contributed by atoms with Gasteiger partial charge in [-0.05, 0) is 74.5 Å². The Bertz CT molecular complexity index is 715. The van der Waals surface area contributed by atoms with Crippen LogP contribution in [0.4, 0.5) is 5.69 Å². The summed E-state index contributed by atoms with van der Waals surface area (Å²) < 4.78 is 1.14. The van der Waals surface area contributed by atoms with E-state index in [4.69, 9.17) is 0 Å². The molecule has 4 heteroatoms. The van der Waals surface area contributed by atoms with Crippen molar-refractivity contribution < 1.29 is 4.79 Å². The van der Waals surface area contributed by atoms with Crippen LogP contribution < -0.4 is 5.32 Å². The average Bonchev–Trinajstić information content (AvgIpc) is 2.93. The predicted octanol–water partition coefficient (Wildman–Crippen LogP) is 4.45. The number of rotatable bonds is 2. The summed E-state index contributed by atoms with van der Waals surface area (Å²) in [7, 11) is 0. The van der Waals surface area contributed by atoms with Crippen molar-refractivity contribution >= 4 is 33.1 Å². The van der Waals surface area contributed by atoms with Crippen LogP contribution in [0.5, 0.6) is 0 Å². The minimum absolute atomic E-state index is 0.0720. The van der Waals surface area contributed by atoms with Gasteiger partial charge >= 0.3 is 0 Å². The van der Waals surface area contributed by atoms with Crippen LogP contribution in [0, 0.1) is 23.2 Å². The van der Waals surface area contributed by atoms with Crippen LogP contribution in [-0.2, 0) is 4.79 Å². The second-order valence-electron chi connectivity index (χ2n) is 7.69. The van der Waals surface area contributed by atoms with Crippen LogP contribution in [-0.4, -0.2) is 10.9 Å². The van der Waals surface area contributed by atoms with Crippen molar-refractivity contribution in [3.05, 3.63) is 23.7 Å². The van der Waals surface area contributed by atoms with E-state index in [1.165, 1.54) is 19.3 Å². The standard InChI is InChI=1S/C18H20N2OS/c21-17(20-14-1-2-15-16(6-14)22-10-19-15)18-7-11-3-12(8-18)5-13(4-11)9-18/h1-2,6,10-13H,3-5,7-9H2,(H,20,21). The Morgan fingerprint density at radius 1 is 1.14 bits per heavy atom. The number of anilines is 1. The van der Waals surface area contributed by atoms with Gasteiger partial charge in [0.2, 0.25) is 5.91 Å². The summed E-state index contributed by atoms with van der Waals surface area (Å²) in [6.45, 7) is 0. The summed E-state index contributed by atoms with van der Waals surface area (Å²) in [4.78, 5) is 17.3. The minimum atomic E-state index is -0.0720. The van der Waals surface area contributed by atoms with E-state index in [0.29, 0.717) is 0 Å². The van der Waals surface area contributed by atoms with Crippen LogP contribution >= 0.6 is 11.3 Å². The molecule has 3 nitrogen and oxygen atoms in total. The maximum absolute atomic E-state index is 13.0. The van der Waals surface area contributed by atoms with Gasteiger partial charge < -0.3 is 5.32 Å². The van der Waals surface area contributed by atoms with E-state index in [1.807, 2.05) is 17.6 Å². The van der Waals surface area contributed by atoms with Crippen molar-refractivity contribution in [1.29, 1.82) is 0 Å². The van der Waals surface area contributed by atoms with E-state index >= 15 is 0 Å². The molecule has 114 valence electrons. The number of aromatic nitrogens is 1. The number of thiazole rings is 1. The van der Waals surface area contributed by atoms with Gasteiger partial charge in [-0.2, -0.15) is 0 Å². The topological polar surface area (TPSA) is 42.0 Å². The van der Waals surface area contributed by atoms with Crippen LogP contribution in [0.1, 0.15) is 38.5 Å². The molecule has 6 rings (SSSR count). The number of amides is 1. The highest BCUT2D eigenvalue weighted by Gasteiger charge is 2.54. The molecule has 0 unspecified atom stereocenters. The third-order valence-corrected chi connectivity index (χ3v) is 6.90. The summed E-state index contributed by atoms with van der Waals surface area (Å²) >= 11 is 1.63. The van der Waals surface area contributed by atoms with Crippen molar-refractivity contribution in [3.8, 4) is 0 Å². The average molecular weight is 312 g/mol. The molecule has 1 N–H and O–H groups in total. The molecule has 4 aliphatic carbocycles. The minimum Gasteiger partial charge on any atom is -0.326 e. The largest absolute Gasteiger partial charge is 0.326 e. The lowest BCUT2D eigenvalue weighted by atomic mass is 9.49. The fourth-order valence-electron chi connectivity index (χ4n) is 5.59. The maximum atomic E-state index is 13.0. The number of benzene rings is 1. The van der Waals surface area contributed by atoms with Gasteiger partial charge in [0.15, 0.2) is 0 Å². The second kappa shape index (κ2) is 4.54. The highest BCUT2D eigenvalue weighted by molar-refractivity contribution is 7.16. The Hall–Kier alpha value is -1.42. The molecular formula is C18H20N2OS. The molecule has 4 aliphatic rings. The molecule has 22 heavy (non-hydrogen) atoms. The summed E-state index contributed by atoms with van der Waals surface area (Å²) in [5.41, 5.74) is 3.72. The predicted molar refractivity (Wildman–Crippen MR) is 88.9 cm³/mol. The fourth-order valence-corrected chi connectivity index (χ4v) is 6.30. The summed E-state index contributed by atoms with van der Waals surface area (Å²) in [5, 5.41) is 3.22. The smallest absolute Gasteiger partial charge is 0.230 e. The second-order valence-corrected chi connectivity index (χ2v) is 8.57. The monoisotopic (exact) mass is 312 g/mol. The van der Waals surface area contributed by atoms with E-state index < -0.39 is 0 Å². The molecule has 0 saturated heterocycles. The number of hydrogen-bond acceptors (Lipinski definition) is 3. The van der Waals surface area contributed by atoms with Gasteiger partial charge in [-0.3, -0.25) is 4.79 Å². The Kier molecular flexibility index (Phi) is 2.70. The number of fused-ring (bicyclic) bond motifs is 1. The van der Waals surface area contributed by atoms with E-state index in [9.17, 15) is 4.79 Å². The van der Waals surface area contributed by atoms with E-state index in [2.05, 4.69) is 16.4 Å². The molecule has 0 aliphatic heterocycles. The first kappa shape index (κ1) is 13.1. The molecule has 0 radical (unpaired) electrons. The van der Waals surface area contributed by atoms with Crippen LogP contribution in [0.15, 0.2) is 23.7 Å². The molecule has 0 spiro atoms. The van der Waals surface area contributed by atoms with Gasteiger partial charge in [0.25, 0.3) is 0 Å². The zero-order chi connectivity index (χ0) is 14.7. The molecule has 0 atom stereocenters. The van der Waals surface area contributed by atoms with Crippen molar-refractivity contribution in [2.45, 2.75) is 38.5 Å². The van der Waals surface area contributed by atoms with Gasteiger partial charge in [-0.15, -0.1) is 11.3 Å². The first-order valence-electron chi connectivity index (χ1n) is 8.35. The van der Waals surface area contributed by atoms with Crippen LogP contribution in [0.25, 0.3) is 10.2 Å². The summed E-state index contributed by atoms with van der Waals surface area (Å²) in [5.74, 6) is 2.69. The van der Waals surface area contributed by atoms with Crippen LogP contribution in [0.2, 0.25) is 0 Å². The normalized spacial score (nSPS) is 35.9. The molecular weight excluding hydrogens is 292 g/mol. The van der Waals surface area contributed by atoms with Gasteiger partial charge in [-0.25, -0.2) is 4.98 Å². The molecule has 4 bridgehead atoms. The molecule has 4 fully saturated rings. The third kappa shape index (κ3) is 1.93. The van der Waals surface area contributed by atoms with Gasteiger partial charge in [0.05, 0.1) is 21.1 Å². The zero-order valence-corrected chi connectivity index (χ0v) is 13.4. The molecule has 1 aromatic heterocycles. The Balaban J connectivity index is 1.42. The summed E-state index contributed by atoms with van der Waals surface area (Å²) in [6, 6.07) is 6.05. The molecule has 1 aromatic carbocycles. The first-order chi connectivity index (χ1) is 10.7. The lowest BCUT2D eigenvalue weighted by Crippen LogP contribution is -2.51. The van der Waals surface area contributed by atoms with Crippen molar-refractivity contribution in [3.63, 3.8) is 0 Å². The molecule has 2 aromatic rings. The number of nitrogens with one attached hydrogen (secondary N) is 1. The highest BCUT2D eigenvalue weighted by Crippen LogP contribution is 2.60. The lowest BCUT2D eigenvalue weighted by molar-refractivity contribution is -0.140. The van der Waals surface area contributed by atoms with Crippen LogP contribution in [0.3, 0.4) is 0 Å². The number of carbonyl (C=O) groups is 1. The fraction of sp³-hybridized carbons (Fsp3) is 0.556. The van der Waals surface area contributed by atoms with Gasteiger partial charge in [0.1, 0.15) is 0 Å². The Labute approximate surface area is 134 Å². The van der Waals surface area contributed by atoms with Gasteiger partial charge in [-0.1, -0.05) is 0 Å². The Morgan fingerprint density at radius 3 is 2.50 bits per heavy atom. The number of nitrogens with zero attached hydrogens (tertiary/aromatic N) is 1. The van der Waals surface area contributed by atoms with Gasteiger partial charge in [0, 0.05) is 5.69 Å². The maximum Gasteiger partial charge on any atom is 0.230 e. The van der Waals surface area contributed by atoms with Crippen molar-refractivity contribution in [2.75, 3.05) is 5.32 Å². The van der Waals surface area contributed by atoms with E-state index in [1.54, 1.807) is 11.3 Å². The first-order valence-corrected chi connectivity index (χ1v) is 9.23. The van der Waals surface area contributed by atoms with E-state index in [-0.39, 0.29) is 11.3 Å². The molecule has 1 heterocycles. The summed E-state index contributed by atoms with van der Waals surface area (Å²) in [6.07, 6.45) is 7.48. The third-order valence-electron chi connectivity index (χ3n) is 6.11. The SMILES string of the molecule is O=C(Nc1ccc2ncsc2c1)C12CC3CC(CC(C3)C1)C2. The number of hydrogen-bond donors (Lipinski definition) is 1. The van der Waals surface area contributed by atoms with Crippen molar-refractivity contribution in [2.24, 2.45) is 23.2 Å².